The quantitative estimate of drug-likeness (QED) is 0.754. The van der Waals surface area contributed by atoms with E-state index >= 15 is 0 Å². The van der Waals surface area contributed by atoms with E-state index in [-0.39, 0.29) is 5.91 Å². The van der Waals surface area contributed by atoms with Gasteiger partial charge in [-0.05, 0) is 26.7 Å². The van der Waals surface area contributed by atoms with Gasteiger partial charge in [0.25, 0.3) is 0 Å². The molecule has 1 fully saturated rings. The van der Waals surface area contributed by atoms with Crippen LogP contribution in [0.15, 0.2) is 0 Å². The molecule has 1 heterocycles. The van der Waals surface area contributed by atoms with Crippen LogP contribution < -0.4 is 5.32 Å². The van der Waals surface area contributed by atoms with Gasteiger partial charge in [0.15, 0.2) is 0 Å². The highest BCUT2D eigenvalue weighted by atomic mass is 16.5. The smallest absolute Gasteiger partial charge is 0.407 e. The summed E-state index contributed by atoms with van der Waals surface area (Å²) in [6, 6.07) is -0.498. The first kappa shape index (κ1) is 11.8. The Bertz CT molecular complexity index is 237. The van der Waals surface area contributed by atoms with Gasteiger partial charge in [0.2, 0.25) is 5.91 Å². The Morgan fingerprint density at radius 1 is 1.40 bits per heavy atom. The fraction of sp³-hybridized carbons (Fsp3) is 0.800. The molecule has 0 aromatic heterocycles. The summed E-state index contributed by atoms with van der Waals surface area (Å²) in [4.78, 5) is 24.6. The highest BCUT2D eigenvalue weighted by molar-refractivity contribution is 5.85. The van der Waals surface area contributed by atoms with E-state index in [9.17, 15) is 9.59 Å². The SMILES string of the molecule is CCOC(=O)N[C@@H](C)C(=O)N1CCCC1. The van der Waals surface area contributed by atoms with Crippen molar-refractivity contribution < 1.29 is 14.3 Å². The first-order chi connectivity index (χ1) is 7.15. The first-order valence-corrected chi connectivity index (χ1v) is 5.37. The zero-order valence-corrected chi connectivity index (χ0v) is 9.28. The molecule has 1 rings (SSSR count). The number of carbonyl (C=O) groups is 2. The van der Waals surface area contributed by atoms with Gasteiger partial charge in [-0.2, -0.15) is 0 Å². The van der Waals surface area contributed by atoms with E-state index < -0.39 is 12.1 Å². The molecule has 1 atom stereocenters. The molecule has 0 unspecified atom stereocenters. The Kier molecular flexibility index (Phi) is 4.39. The Hall–Kier alpha value is -1.26. The van der Waals surface area contributed by atoms with Crippen LogP contribution in [0.4, 0.5) is 4.79 Å². The van der Waals surface area contributed by atoms with Crippen molar-refractivity contribution in [2.75, 3.05) is 19.7 Å². The monoisotopic (exact) mass is 214 g/mol. The molecule has 0 spiro atoms. The molecule has 0 bridgehead atoms. The van der Waals surface area contributed by atoms with E-state index in [4.69, 9.17) is 4.74 Å². The predicted molar refractivity (Wildman–Crippen MR) is 55.4 cm³/mol. The molecule has 0 aliphatic carbocycles. The van der Waals surface area contributed by atoms with Crippen molar-refractivity contribution in [1.29, 1.82) is 0 Å². The van der Waals surface area contributed by atoms with E-state index in [1.54, 1.807) is 18.7 Å². The maximum atomic E-state index is 11.7. The fourth-order valence-corrected chi connectivity index (χ4v) is 1.62. The summed E-state index contributed by atoms with van der Waals surface area (Å²) < 4.78 is 4.70. The van der Waals surface area contributed by atoms with Crippen molar-refractivity contribution in [3.05, 3.63) is 0 Å². The molecule has 2 amide bonds. The van der Waals surface area contributed by atoms with Crippen molar-refractivity contribution >= 4 is 12.0 Å². The summed E-state index contributed by atoms with van der Waals surface area (Å²) >= 11 is 0. The third kappa shape index (κ3) is 3.42. The average Bonchev–Trinajstić information content (AvgIpc) is 2.69. The van der Waals surface area contributed by atoms with E-state index in [2.05, 4.69) is 5.32 Å². The Balaban J connectivity index is 2.35. The number of carbonyl (C=O) groups excluding carboxylic acids is 2. The van der Waals surface area contributed by atoms with Gasteiger partial charge in [-0.25, -0.2) is 4.79 Å². The molecule has 0 aromatic carbocycles. The fourth-order valence-electron chi connectivity index (χ4n) is 1.62. The lowest BCUT2D eigenvalue weighted by atomic mass is 10.3. The zero-order chi connectivity index (χ0) is 11.3. The Labute approximate surface area is 89.8 Å². The van der Waals surface area contributed by atoms with Gasteiger partial charge in [-0.15, -0.1) is 0 Å². The second-order valence-corrected chi connectivity index (χ2v) is 3.62. The molecule has 1 N–H and O–H groups in total. The van der Waals surface area contributed by atoms with Gasteiger partial charge in [-0.1, -0.05) is 0 Å². The van der Waals surface area contributed by atoms with Gasteiger partial charge < -0.3 is 15.0 Å². The summed E-state index contributed by atoms with van der Waals surface area (Å²) in [7, 11) is 0. The first-order valence-electron chi connectivity index (χ1n) is 5.37. The second-order valence-electron chi connectivity index (χ2n) is 3.62. The van der Waals surface area contributed by atoms with Crippen LogP contribution in [0.2, 0.25) is 0 Å². The molecular formula is C10H18N2O3. The third-order valence-corrected chi connectivity index (χ3v) is 2.40. The van der Waals surface area contributed by atoms with Crippen molar-refractivity contribution in [3.63, 3.8) is 0 Å². The summed E-state index contributed by atoms with van der Waals surface area (Å²) in [5.74, 6) is -0.0273. The largest absolute Gasteiger partial charge is 0.450 e. The topological polar surface area (TPSA) is 58.6 Å². The summed E-state index contributed by atoms with van der Waals surface area (Å²) in [6.07, 6.45) is 1.58. The molecule has 86 valence electrons. The van der Waals surface area contributed by atoms with Crippen molar-refractivity contribution in [3.8, 4) is 0 Å². The van der Waals surface area contributed by atoms with Gasteiger partial charge in [0.05, 0.1) is 6.61 Å². The number of nitrogens with zero attached hydrogens (tertiary/aromatic N) is 1. The average molecular weight is 214 g/mol. The molecule has 1 aliphatic rings. The molecule has 15 heavy (non-hydrogen) atoms. The maximum absolute atomic E-state index is 11.7. The van der Waals surface area contributed by atoms with Crippen LogP contribution in [-0.4, -0.2) is 42.6 Å². The molecule has 0 aromatic rings. The van der Waals surface area contributed by atoms with Gasteiger partial charge in [0.1, 0.15) is 6.04 Å². The number of hydrogen-bond donors (Lipinski definition) is 1. The minimum Gasteiger partial charge on any atom is -0.450 e. The zero-order valence-electron chi connectivity index (χ0n) is 9.28. The number of amides is 2. The Morgan fingerprint density at radius 2 is 2.00 bits per heavy atom. The number of likely N-dealkylation sites (tertiary alicyclic amines) is 1. The van der Waals surface area contributed by atoms with Gasteiger partial charge >= 0.3 is 6.09 Å². The predicted octanol–water partition coefficient (Wildman–Crippen LogP) is 0.743. The molecular weight excluding hydrogens is 196 g/mol. The molecule has 5 nitrogen and oxygen atoms in total. The van der Waals surface area contributed by atoms with Crippen LogP contribution in [0.25, 0.3) is 0 Å². The lowest BCUT2D eigenvalue weighted by Gasteiger charge is -2.20. The molecule has 0 saturated carbocycles. The van der Waals surface area contributed by atoms with Crippen molar-refractivity contribution in [2.45, 2.75) is 32.7 Å². The van der Waals surface area contributed by atoms with Gasteiger partial charge in [-0.3, -0.25) is 4.79 Å². The van der Waals surface area contributed by atoms with E-state index in [1.165, 1.54) is 0 Å². The minimum atomic E-state index is -0.530. The lowest BCUT2D eigenvalue weighted by molar-refractivity contribution is -0.131. The highest BCUT2D eigenvalue weighted by Gasteiger charge is 2.24. The molecule has 1 saturated heterocycles. The van der Waals surface area contributed by atoms with Crippen LogP contribution in [0, 0.1) is 0 Å². The summed E-state index contributed by atoms with van der Waals surface area (Å²) in [6.45, 7) is 5.32. The maximum Gasteiger partial charge on any atom is 0.407 e. The molecule has 0 radical (unpaired) electrons. The van der Waals surface area contributed by atoms with Crippen LogP contribution >= 0.6 is 0 Å². The van der Waals surface area contributed by atoms with Gasteiger partial charge in [0, 0.05) is 13.1 Å². The Morgan fingerprint density at radius 3 is 2.53 bits per heavy atom. The lowest BCUT2D eigenvalue weighted by Crippen LogP contribution is -2.46. The standard InChI is InChI=1S/C10H18N2O3/c1-3-15-10(14)11-8(2)9(13)12-6-4-5-7-12/h8H,3-7H2,1-2H3,(H,11,14)/t8-/m0/s1. The summed E-state index contributed by atoms with van der Waals surface area (Å²) in [5.41, 5.74) is 0. The number of rotatable bonds is 3. The van der Waals surface area contributed by atoms with E-state index in [0.717, 1.165) is 25.9 Å². The van der Waals surface area contributed by atoms with Crippen LogP contribution in [0.1, 0.15) is 26.7 Å². The van der Waals surface area contributed by atoms with Crippen molar-refractivity contribution in [2.24, 2.45) is 0 Å². The molecule has 1 aliphatic heterocycles. The van der Waals surface area contributed by atoms with Crippen LogP contribution in [0.5, 0.6) is 0 Å². The third-order valence-electron chi connectivity index (χ3n) is 2.40. The van der Waals surface area contributed by atoms with E-state index in [1.807, 2.05) is 0 Å². The number of hydrogen-bond acceptors (Lipinski definition) is 3. The van der Waals surface area contributed by atoms with E-state index in [0.29, 0.717) is 6.61 Å². The van der Waals surface area contributed by atoms with Crippen LogP contribution in [-0.2, 0) is 9.53 Å². The minimum absolute atomic E-state index is 0.0273. The molecule has 5 heteroatoms. The second kappa shape index (κ2) is 5.58. The highest BCUT2D eigenvalue weighted by Crippen LogP contribution is 2.08. The number of ether oxygens (including phenoxy) is 1. The van der Waals surface area contributed by atoms with Crippen molar-refractivity contribution in [1.82, 2.24) is 10.2 Å². The number of nitrogens with one attached hydrogen (secondary N) is 1. The normalized spacial score (nSPS) is 17.3. The number of alkyl carbamates (subject to hydrolysis) is 1. The van der Waals surface area contributed by atoms with Crippen LogP contribution in [0.3, 0.4) is 0 Å². The summed E-state index contributed by atoms with van der Waals surface area (Å²) in [5, 5.41) is 2.51.